The largest absolute Gasteiger partial charge is 0.462 e. The Labute approximate surface area is 200 Å². The smallest absolute Gasteiger partial charge is 0.416 e. The molecule has 1 N–H and O–H groups in total. The summed E-state index contributed by atoms with van der Waals surface area (Å²) in [5.41, 5.74) is 0.0555. The molecule has 0 fully saturated rings. The third-order valence-corrected chi connectivity index (χ3v) is 5.64. The van der Waals surface area contributed by atoms with E-state index in [9.17, 15) is 27.2 Å². The Morgan fingerprint density at radius 1 is 1.29 bits per heavy atom. The molecule has 0 unspecified atom stereocenters. The summed E-state index contributed by atoms with van der Waals surface area (Å²) in [7, 11) is 0. The van der Waals surface area contributed by atoms with Crippen molar-refractivity contribution in [1.82, 2.24) is 15.1 Å². The van der Waals surface area contributed by atoms with Crippen LogP contribution in [0.3, 0.4) is 0 Å². The second kappa shape index (κ2) is 11.7. The van der Waals surface area contributed by atoms with Crippen molar-refractivity contribution in [2.75, 3.05) is 26.4 Å². The summed E-state index contributed by atoms with van der Waals surface area (Å²) < 4.78 is 65.2. The average Bonchev–Trinajstić information content (AvgIpc) is 3.13. The molecule has 1 amide bonds. The molecule has 1 aliphatic rings. The maximum atomic E-state index is 14.0. The lowest BCUT2D eigenvalue weighted by Gasteiger charge is -2.16. The van der Waals surface area contributed by atoms with Crippen LogP contribution >= 0.6 is 0 Å². The van der Waals surface area contributed by atoms with Crippen molar-refractivity contribution in [1.29, 1.82) is 0 Å². The van der Waals surface area contributed by atoms with Gasteiger partial charge in [0.15, 0.2) is 0 Å². The van der Waals surface area contributed by atoms with Crippen molar-refractivity contribution in [3.63, 3.8) is 0 Å². The van der Waals surface area contributed by atoms with E-state index in [0.29, 0.717) is 81.4 Å². The molecule has 1 aromatic heterocycles. The molecule has 2 heterocycles. The second-order valence-corrected chi connectivity index (χ2v) is 8.53. The van der Waals surface area contributed by atoms with Gasteiger partial charge in [0.25, 0.3) is 5.91 Å². The molecular weight excluding hydrogens is 470 g/mol. The van der Waals surface area contributed by atoms with Crippen molar-refractivity contribution in [2.45, 2.75) is 52.3 Å². The molecule has 0 saturated heterocycles. The first kappa shape index (κ1) is 26.7. The van der Waals surface area contributed by atoms with E-state index in [1.165, 1.54) is 0 Å². The van der Waals surface area contributed by atoms with Gasteiger partial charge in [0.05, 0.1) is 34.7 Å². The third kappa shape index (κ3) is 6.81. The number of halogens is 4. The van der Waals surface area contributed by atoms with Crippen LogP contribution in [0, 0.1) is 11.7 Å². The Kier molecular flexibility index (Phi) is 8.87. The Hall–Kier alpha value is -2.95. The first-order valence-electron chi connectivity index (χ1n) is 11.6. The predicted molar refractivity (Wildman–Crippen MR) is 119 cm³/mol. The van der Waals surface area contributed by atoms with Crippen LogP contribution in [0.25, 0.3) is 0 Å². The zero-order chi connectivity index (χ0) is 25.6. The molecule has 3 rings (SSSR count). The molecule has 0 bridgehead atoms. The minimum Gasteiger partial charge on any atom is -0.462 e. The summed E-state index contributed by atoms with van der Waals surface area (Å²) in [5.74, 6) is -2.76. The number of carbonyl (C=O) groups excluding carboxylic acids is 2. The van der Waals surface area contributed by atoms with Crippen LogP contribution in [0.1, 0.15) is 64.4 Å². The molecule has 7 nitrogen and oxygen atoms in total. The van der Waals surface area contributed by atoms with Crippen molar-refractivity contribution >= 4 is 11.9 Å². The molecule has 0 radical (unpaired) electrons. The van der Waals surface area contributed by atoms with Gasteiger partial charge in [-0.05, 0) is 43.9 Å². The zero-order valence-corrected chi connectivity index (χ0v) is 19.7. The maximum absolute atomic E-state index is 14.0. The fourth-order valence-corrected chi connectivity index (χ4v) is 3.88. The quantitative estimate of drug-likeness (QED) is 0.477. The SMILES string of the molecule is CCc1nn(C[C@@H](C)COC(=O)c2cc(C(F)(F)F)ccc2F)c2c1C(=O)NCCCOCCC2. The van der Waals surface area contributed by atoms with E-state index in [2.05, 4.69) is 10.4 Å². The number of aromatic nitrogens is 2. The van der Waals surface area contributed by atoms with Gasteiger partial charge >= 0.3 is 12.1 Å². The number of nitrogens with zero attached hydrogens (tertiary/aromatic N) is 2. The number of amides is 1. The molecule has 0 aliphatic carbocycles. The Bertz CT molecular complexity index is 1050. The van der Waals surface area contributed by atoms with Gasteiger partial charge in [-0.25, -0.2) is 9.18 Å². The summed E-state index contributed by atoms with van der Waals surface area (Å²) in [5, 5.41) is 7.50. The van der Waals surface area contributed by atoms with E-state index in [-0.39, 0.29) is 18.4 Å². The highest BCUT2D eigenvalue weighted by molar-refractivity contribution is 5.96. The van der Waals surface area contributed by atoms with E-state index in [1.807, 2.05) is 6.92 Å². The Morgan fingerprint density at radius 3 is 2.74 bits per heavy atom. The molecule has 35 heavy (non-hydrogen) atoms. The number of carbonyl (C=O) groups is 2. The molecule has 1 aliphatic heterocycles. The van der Waals surface area contributed by atoms with Crippen LogP contribution in [-0.4, -0.2) is 48.0 Å². The summed E-state index contributed by atoms with van der Waals surface area (Å²) in [6.45, 7) is 5.42. The van der Waals surface area contributed by atoms with Gasteiger partial charge in [-0.2, -0.15) is 18.3 Å². The van der Waals surface area contributed by atoms with E-state index in [1.54, 1.807) is 11.6 Å². The lowest BCUT2D eigenvalue weighted by Crippen LogP contribution is -2.27. The van der Waals surface area contributed by atoms with Crippen LogP contribution in [0.2, 0.25) is 0 Å². The molecule has 2 aromatic rings. The molecule has 1 atom stereocenters. The molecular formula is C24H29F4N3O4. The minimum atomic E-state index is -4.71. The maximum Gasteiger partial charge on any atom is 0.416 e. The van der Waals surface area contributed by atoms with E-state index in [4.69, 9.17) is 9.47 Å². The summed E-state index contributed by atoms with van der Waals surface area (Å²) in [6, 6.07) is 1.61. The standard InChI is InChI=1S/C24H29F4N3O4/c1-3-19-21-20(6-4-10-34-11-5-9-29-22(21)32)31(30-19)13-15(2)14-35-23(33)17-12-16(24(26,27)28)7-8-18(17)25/h7-8,12,15H,3-6,9-11,13-14H2,1-2H3,(H,29,32)/t15-/m1/s1. The highest BCUT2D eigenvalue weighted by Crippen LogP contribution is 2.30. The van der Waals surface area contributed by atoms with Gasteiger partial charge < -0.3 is 14.8 Å². The van der Waals surface area contributed by atoms with E-state index >= 15 is 0 Å². The average molecular weight is 500 g/mol. The number of ether oxygens (including phenoxy) is 2. The number of esters is 1. The number of nitrogens with one attached hydrogen (secondary N) is 1. The normalized spacial score (nSPS) is 16.1. The fraction of sp³-hybridized carbons (Fsp3) is 0.542. The van der Waals surface area contributed by atoms with Gasteiger partial charge in [-0.1, -0.05) is 13.8 Å². The first-order chi connectivity index (χ1) is 16.6. The van der Waals surface area contributed by atoms with Crippen LogP contribution in [0.5, 0.6) is 0 Å². The number of hydrogen-bond donors (Lipinski definition) is 1. The highest BCUT2D eigenvalue weighted by atomic mass is 19.4. The van der Waals surface area contributed by atoms with Crippen molar-refractivity contribution < 1.29 is 36.6 Å². The van der Waals surface area contributed by atoms with Crippen molar-refractivity contribution in [2.24, 2.45) is 5.92 Å². The van der Waals surface area contributed by atoms with E-state index in [0.717, 1.165) is 5.69 Å². The van der Waals surface area contributed by atoms with Crippen molar-refractivity contribution in [3.8, 4) is 0 Å². The monoisotopic (exact) mass is 499 g/mol. The number of fused-ring (bicyclic) bond motifs is 1. The summed E-state index contributed by atoms with van der Waals surface area (Å²) in [6.07, 6.45) is -2.17. The number of alkyl halides is 3. The van der Waals surface area contributed by atoms with Crippen LogP contribution in [-0.2, 0) is 35.0 Å². The lowest BCUT2D eigenvalue weighted by molar-refractivity contribution is -0.137. The minimum absolute atomic E-state index is 0.167. The molecule has 11 heteroatoms. The van der Waals surface area contributed by atoms with Gasteiger partial charge in [-0.3, -0.25) is 9.48 Å². The zero-order valence-electron chi connectivity index (χ0n) is 19.7. The molecule has 0 spiro atoms. The molecule has 192 valence electrons. The van der Waals surface area contributed by atoms with Crippen LogP contribution in [0.15, 0.2) is 18.2 Å². The number of hydrogen-bond acceptors (Lipinski definition) is 5. The van der Waals surface area contributed by atoms with E-state index < -0.39 is 29.1 Å². The highest BCUT2D eigenvalue weighted by Gasteiger charge is 2.32. The fourth-order valence-electron chi connectivity index (χ4n) is 3.88. The second-order valence-electron chi connectivity index (χ2n) is 8.53. The number of benzene rings is 1. The van der Waals surface area contributed by atoms with Gasteiger partial charge in [0, 0.05) is 32.2 Å². The lowest BCUT2D eigenvalue weighted by atomic mass is 10.1. The summed E-state index contributed by atoms with van der Waals surface area (Å²) >= 11 is 0. The Morgan fingerprint density at radius 2 is 2.03 bits per heavy atom. The van der Waals surface area contributed by atoms with Gasteiger partial charge in [-0.15, -0.1) is 0 Å². The molecule has 0 saturated carbocycles. The Balaban J connectivity index is 1.73. The predicted octanol–water partition coefficient (Wildman–Crippen LogP) is 4.18. The van der Waals surface area contributed by atoms with Gasteiger partial charge in [0.2, 0.25) is 0 Å². The summed E-state index contributed by atoms with van der Waals surface area (Å²) in [4.78, 5) is 25.1. The number of aryl methyl sites for hydroxylation is 1. The van der Waals surface area contributed by atoms with Crippen LogP contribution < -0.4 is 5.32 Å². The van der Waals surface area contributed by atoms with Gasteiger partial charge in [0.1, 0.15) is 5.82 Å². The van der Waals surface area contributed by atoms with Crippen molar-refractivity contribution in [3.05, 3.63) is 52.1 Å². The first-order valence-corrected chi connectivity index (χ1v) is 11.6. The van der Waals surface area contributed by atoms with Crippen LogP contribution in [0.4, 0.5) is 17.6 Å². The third-order valence-electron chi connectivity index (χ3n) is 5.64. The topological polar surface area (TPSA) is 82.5 Å². The molecule has 1 aromatic carbocycles. The number of rotatable bonds is 6.